The maximum Gasteiger partial charge on any atom is 0.327 e. The van der Waals surface area contributed by atoms with E-state index in [0.717, 1.165) is 22.5 Å². The molecule has 1 fully saturated rings. The molecule has 3 heterocycles. The summed E-state index contributed by atoms with van der Waals surface area (Å²) in [6.45, 7) is 2.64. The van der Waals surface area contributed by atoms with Gasteiger partial charge in [0.2, 0.25) is 0 Å². The largest absolute Gasteiger partial charge is 0.497 e. The number of hydrogen-bond donors (Lipinski definition) is 2. The van der Waals surface area contributed by atoms with Crippen LogP contribution in [0, 0.1) is 0 Å². The van der Waals surface area contributed by atoms with Crippen molar-refractivity contribution in [3.05, 3.63) is 81.7 Å². The number of fused-ring (bicyclic) bond motifs is 1. The molecule has 2 aliphatic rings. The third-order valence-electron chi connectivity index (χ3n) is 6.81. The Morgan fingerprint density at radius 3 is 2.56 bits per heavy atom. The number of hydrogen-bond acceptors (Lipinski definition) is 7. The van der Waals surface area contributed by atoms with Crippen LogP contribution in [0.2, 0.25) is 0 Å². The zero-order valence-corrected chi connectivity index (χ0v) is 22.6. The number of rotatable bonds is 7. The Labute approximate surface area is 230 Å². The second kappa shape index (κ2) is 11.4. The number of carbonyl (C=O) groups excluding carboxylic acids is 3. The van der Waals surface area contributed by atoms with Crippen LogP contribution in [0.5, 0.6) is 5.75 Å². The fourth-order valence-corrected chi connectivity index (χ4v) is 5.67. The molecular formula is C28H30N4O6S. The molecule has 4 amide bonds. The molecule has 5 rings (SSSR count). The summed E-state index contributed by atoms with van der Waals surface area (Å²) in [4.78, 5) is 43.7. The molecule has 0 saturated carbocycles. The number of methoxy groups -OCH3 is 1. The Kier molecular flexibility index (Phi) is 7.82. The Hall–Kier alpha value is -3.93. The molecule has 0 bridgehead atoms. The van der Waals surface area contributed by atoms with Gasteiger partial charge in [-0.1, -0.05) is 24.3 Å². The number of aliphatic hydroxyl groups is 1. The molecule has 1 unspecified atom stereocenters. The molecule has 1 atom stereocenters. The molecule has 1 aromatic heterocycles. The van der Waals surface area contributed by atoms with E-state index in [-0.39, 0.29) is 24.4 Å². The van der Waals surface area contributed by atoms with E-state index in [4.69, 9.17) is 9.47 Å². The van der Waals surface area contributed by atoms with Crippen molar-refractivity contribution in [1.29, 1.82) is 0 Å². The topological polar surface area (TPSA) is 112 Å². The van der Waals surface area contributed by atoms with Crippen LogP contribution in [0.25, 0.3) is 0 Å². The normalized spacial score (nSPS) is 17.2. The van der Waals surface area contributed by atoms with Gasteiger partial charge in [-0.05, 0) is 41.5 Å². The Morgan fingerprint density at radius 2 is 1.85 bits per heavy atom. The maximum atomic E-state index is 13.1. The van der Waals surface area contributed by atoms with Gasteiger partial charge >= 0.3 is 6.03 Å². The van der Waals surface area contributed by atoms with E-state index in [0.29, 0.717) is 59.6 Å². The number of nitrogens with one attached hydrogen (secondary N) is 1. The Balaban J connectivity index is 1.26. The highest BCUT2D eigenvalue weighted by molar-refractivity contribution is 7.18. The lowest BCUT2D eigenvalue weighted by Crippen LogP contribution is -2.46. The number of aliphatic hydroxyl groups excluding tert-OH is 1. The molecule has 10 nitrogen and oxygen atoms in total. The molecule has 0 radical (unpaired) electrons. The number of ether oxygens (including phenoxy) is 2. The summed E-state index contributed by atoms with van der Waals surface area (Å²) < 4.78 is 10.5. The summed E-state index contributed by atoms with van der Waals surface area (Å²) in [6, 6.07) is 15.7. The fraction of sp³-hybridized carbons (Fsp3) is 0.321. The van der Waals surface area contributed by atoms with Crippen LogP contribution in [-0.4, -0.2) is 73.2 Å². The van der Waals surface area contributed by atoms with Gasteiger partial charge in [-0.25, -0.2) is 4.79 Å². The van der Waals surface area contributed by atoms with E-state index < -0.39 is 6.23 Å². The van der Waals surface area contributed by atoms with E-state index in [1.54, 1.807) is 49.4 Å². The first-order valence-corrected chi connectivity index (χ1v) is 13.4. The van der Waals surface area contributed by atoms with E-state index in [1.807, 2.05) is 24.3 Å². The number of urea groups is 1. The van der Waals surface area contributed by atoms with Gasteiger partial charge in [0.1, 0.15) is 10.8 Å². The lowest BCUT2D eigenvalue weighted by atomic mass is 10.1. The van der Waals surface area contributed by atoms with Crippen LogP contribution >= 0.6 is 11.3 Å². The van der Waals surface area contributed by atoms with Gasteiger partial charge in [0, 0.05) is 37.8 Å². The summed E-state index contributed by atoms with van der Waals surface area (Å²) in [5, 5.41) is 14.5. The highest BCUT2D eigenvalue weighted by atomic mass is 32.1. The first-order chi connectivity index (χ1) is 18.9. The third kappa shape index (κ3) is 5.60. The van der Waals surface area contributed by atoms with Crippen molar-refractivity contribution in [3.63, 3.8) is 0 Å². The summed E-state index contributed by atoms with van der Waals surface area (Å²) in [5.41, 5.74) is 2.71. The third-order valence-corrected chi connectivity index (χ3v) is 8.04. The molecule has 204 valence electrons. The first kappa shape index (κ1) is 26.7. The highest BCUT2D eigenvalue weighted by Crippen LogP contribution is 2.41. The van der Waals surface area contributed by atoms with Crippen LogP contribution in [0.4, 0.5) is 9.80 Å². The van der Waals surface area contributed by atoms with Crippen molar-refractivity contribution in [1.82, 2.24) is 15.1 Å². The van der Waals surface area contributed by atoms with Gasteiger partial charge in [-0.2, -0.15) is 0 Å². The van der Waals surface area contributed by atoms with E-state index in [9.17, 15) is 19.5 Å². The predicted molar refractivity (Wildman–Crippen MR) is 146 cm³/mol. The predicted octanol–water partition coefficient (Wildman–Crippen LogP) is 3.22. The van der Waals surface area contributed by atoms with Crippen LogP contribution < -0.4 is 15.0 Å². The van der Waals surface area contributed by atoms with E-state index >= 15 is 0 Å². The molecule has 2 N–H and O–H groups in total. The minimum Gasteiger partial charge on any atom is -0.497 e. The standard InChI is InChI=1S/C28H30N4O6S/c1-30-27-22(15-23(39-27)24(33)29-16-19-4-3-5-21(14-19)37-2)26(35)32(28(30)36)17-18-6-8-20(9-7-18)25(34)31-10-12-38-13-11-31/h3-9,14-15,26,35H,10-13,16-17H2,1-2H3,(H,29,33). The number of carbonyl (C=O) groups is 3. The van der Waals surface area contributed by atoms with Crippen molar-refractivity contribution >= 4 is 34.2 Å². The molecule has 0 aliphatic carbocycles. The van der Waals surface area contributed by atoms with Gasteiger partial charge in [0.05, 0.1) is 31.7 Å². The van der Waals surface area contributed by atoms with Gasteiger partial charge in [0.25, 0.3) is 11.8 Å². The molecule has 2 aliphatic heterocycles. The van der Waals surface area contributed by atoms with E-state index in [2.05, 4.69) is 5.32 Å². The van der Waals surface area contributed by atoms with E-state index in [1.165, 1.54) is 9.80 Å². The van der Waals surface area contributed by atoms with Crippen molar-refractivity contribution in [2.24, 2.45) is 0 Å². The molecule has 39 heavy (non-hydrogen) atoms. The van der Waals surface area contributed by atoms with Crippen molar-refractivity contribution in [3.8, 4) is 5.75 Å². The average molecular weight is 551 g/mol. The minimum atomic E-state index is -1.21. The number of benzene rings is 2. The maximum absolute atomic E-state index is 13.1. The second-order valence-corrected chi connectivity index (χ2v) is 10.4. The lowest BCUT2D eigenvalue weighted by Gasteiger charge is -2.37. The summed E-state index contributed by atoms with van der Waals surface area (Å²) in [7, 11) is 3.21. The molecule has 11 heteroatoms. The number of morpholine rings is 1. The first-order valence-electron chi connectivity index (χ1n) is 12.6. The van der Waals surface area contributed by atoms with Gasteiger partial charge in [0.15, 0.2) is 6.23 Å². The zero-order valence-electron chi connectivity index (χ0n) is 21.8. The summed E-state index contributed by atoms with van der Waals surface area (Å²) in [5.74, 6) is 0.353. The molecular weight excluding hydrogens is 520 g/mol. The average Bonchev–Trinajstić information content (AvgIpc) is 3.44. The van der Waals surface area contributed by atoms with Crippen LogP contribution in [0.1, 0.15) is 42.9 Å². The van der Waals surface area contributed by atoms with Crippen LogP contribution in [0.3, 0.4) is 0 Å². The van der Waals surface area contributed by atoms with Gasteiger partial charge < -0.3 is 24.8 Å². The van der Waals surface area contributed by atoms with Crippen LogP contribution in [-0.2, 0) is 17.8 Å². The van der Waals surface area contributed by atoms with Crippen LogP contribution in [0.15, 0.2) is 54.6 Å². The smallest absolute Gasteiger partial charge is 0.327 e. The summed E-state index contributed by atoms with van der Waals surface area (Å²) >= 11 is 1.16. The highest BCUT2D eigenvalue weighted by Gasteiger charge is 2.37. The fourth-order valence-electron chi connectivity index (χ4n) is 4.61. The lowest BCUT2D eigenvalue weighted by molar-refractivity contribution is 0.0235. The number of amides is 4. The number of anilines is 1. The number of thiophene rings is 1. The van der Waals surface area contributed by atoms with Crippen molar-refractivity contribution < 1.29 is 29.0 Å². The van der Waals surface area contributed by atoms with Crippen molar-refractivity contribution in [2.75, 3.05) is 45.4 Å². The van der Waals surface area contributed by atoms with Gasteiger partial charge in [-0.15, -0.1) is 11.3 Å². The minimum absolute atomic E-state index is 0.0567. The molecule has 0 spiro atoms. The SMILES string of the molecule is COc1cccc(CNC(=O)c2cc3c(s2)N(C)C(=O)N(Cc2ccc(C(=O)N4CCOCC4)cc2)C3O)c1. The Morgan fingerprint density at radius 1 is 1.10 bits per heavy atom. The van der Waals surface area contributed by atoms with Crippen molar-refractivity contribution in [2.45, 2.75) is 19.3 Å². The van der Waals surface area contributed by atoms with Gasteiger partial charge in [-0.3, -0.25) is 19.4 Å². The summed E-state index contributed by atoms with van der Waals surface area (Å²) in [6.07, 6.45) is -1.21. The molecule has 1 saturated heterocycles. The Bertz CT molecular complexity index is 1370. The zero-order chi connectivity index (χ0) is 27.5. The molecule has 3 aromatic rings. The monoisotopic (exact) mass is 550 g/mol. The second-order valence-electron chi connectivity index (χ2n) is 9.35. The quantitative estimate of drug-likeness (QED) is 0.467. The molecule has 2 aromatic carbocycles. The number of nitrogens with zero attached hydrogens (tertiary/aromatic N) is 3.